The van der Waals surface area contributed by atoms with Gasteiger partial charge in [0.25, 0.3) is 11.1 Å². The Balaban J connectivity index is 0.000000151. The van der Waals surface area contributed by atoms with Gasteiger partial charge in [-0.25, -0.2) is 9.59 Å². The van der Waals surface area contributed by atoms with Crippen molar-refractivity contribution in [2.45, 2.75) is 38.8 Å². The van der Waals surface area contributed by atoms with Crippen LogP contribution in [0.5, 0.6) is 0 Å². The topological polar surface area (TPSA) is 131 Å². The number of pyridine rings is 2. The Hall–Kier alpha value is -8.66. The van der Waals surface area contributed by atoms with E-state index >= 15 is 0 Å². The van der Waals surface area contributed by atoms with E-state index in [2.05, 4.69) is 24.3 Å². The first-order valence-electron chi connectivity index (χ1n) is 26.1. The van der Waals surface area contributed by atoms with E-state index in [1.165, 1.54) is 36.9 Å². The highest BCUT2D eigenvalue weighted by molar-refractivity contribution is 7.26. The number of ether oxygens (including phenoxy) is 2. The maximum absolute atomic E-state index is 13.8. The number of fused-ring (bicyclic) bond motifs is 14. The van der Waals surface area contributed by atoms with E-state index in [1.54, 1.807) is 46.9 Å². The number of rotatable bonds is 10. The van der Waals surface area contributed by atoms with Gasteiger partial charge < -0.3 is 18.6 Å². The van der Waals surface area contributed by atoms with Crippen molar-refractivity contribution >= 4 is 160 Å². The van der Waals surface area contributed by atoms with E-state index < -0.39 is 11.9 Å². The highest BCUT2D eigenvalue weighted by Crippen LogP contribution is 2.39. The van der Waals surface area contributed by atoms with Gasteiger partial charge in [0.05, 0.1) is 36.4 Å². The van der Waals surface area contributed by atoms with Crippen LogP contribution < -0.4 is 22.0 Å². The third-order valence-corrected chi connectivity index (χ3v) is 19.6. The highest BCUT2D eigenvalue weighted by atomic mass is 32.1. The second kappa shape index (κ2) is 20.9. The second-order valence-electron chi connectivity index (χ2n) is 19.7. The number of thiophene rings is 2. The van der Waals surface area contributed by atoms with Gasteiger partial charge >= 0.3 is 11.9 Å². The number of carbonyl (C=O) groups excluding carboxylic acids is 2. The molecule has 6 heterocycles. The number of aryl methyl sites for hydroxylation is 4. The van der Waals surface area contributed by atoms with Crippen LogP contribution in [0.15, 0.2) is 189 Å². The molecule has 0 spiro atoms. The number of benzene rings is 8. The summed E-state index contributed by atoms with van der Waals surface area (Å²) in [6.07, 6.45) is 3.01. The summed E-state index contributed by atoms with van der Waals surface area (Å²) in [5.41, 5.74) is 4.98. The highest BCUT2D eigenvalue weighted by Gasteiger charge is 2.20. The molecule has 14 aromatic rings. The molecule has 0 fully saturated rings. The molecule has 6 aromatic heterocycles. The molecule has 0 radical (unpaired) electrons. The Labute approximate surface area is 471 Å². The molecule has 10 nitrogen and oxygen atoms in total. The summed E-state index contributed by atoms with van der Waals surface area (Å²) < 4.78 is 20.6. The minimum Gasteiger partial charge on any atom is -0.465 e. The van der Waals surface area contributed by atoms with Gasteiger partial charge in [0.2, 0.25) is 0 Å². The number of hydrogen-bond donors (Lipinski definition) is 0. The Bertz CT molecular complexity index is 4840. The van der Waals surface area contributed by atoms with Gasteiger partial charge in [0.15, 0.2) is 10.9 Å². The van der Waals surface area contributed by atoms with Crippen molar-refractivity contribution in [2.24, 2.45) is 0 Å². The number of aromatic nitrogens is 2. The molecule has 0 aliphatic carbocycles. The molecule has 0 N–H and O–H groups in total. The van der Waals surface area contributed by atoms with Gasteiger partial charge in [-0.3, -0.25) is 19.2 Å². The number of methoxy groups -OCH3 is 2. The van der Waals surface area contributed by atoms with Crippen molar-refractivity contribution in [3.8, 4) is 0 Å². The monoisotopic (exact) mass is 1120 g/mol. The lowest BCUT2D eigenvalue weighted by molar-refractivity contribution is 0.0592. The van der Waals surface area contributed by atoms with Gasteiger partial charge in [-0.15, -0.1) is 45.3 Å². The van der Waals surface area contributed by atoms with E-state index in [9.17, 15) is 28.8 Å². The van der Waals surface area contributed by atoms with E-state index in [-0.39, 0.29) is 22.0 Å². The first-order chi connectivity index (χ1) is 39.1. The van der Waals surface area contributed by atoms with Crippen molar-refractivity contribution in [1.82, 2.24) is 9.13 Å². The summed E-state index contributed by atoms with van der Waals surface area (Å²) in [5, 5.41) is 8.84. The maximum Gasteiger partial charge on any atom is 0.337 e. The Morgan fingerprint density at radius 1 is 0.388 bits per heavy atom. The normalized spacial score (nSPS) is 11.7. The molecule has 0 bridgehead atoms. The number of esters is 2. The summed E-state index contributed by atoms with van der Waals surface area (Å²) in [4.78, 5) is 78.1. The predicted octanol–water partition coefficient (Wildman–Crippen LogP) is 15.0. The van der Waals surface area contributed by atoms with Gasteiger partial charge in [-0.2, -0.15) is 0 Å². The molecule has 80 heavy (non-hydrogen) atoms. The molecule has 14 rings (SSSR count). The largest absolute Gasteiger partial charge is 0.465 e. The van der Waals surface area contributed by atoms with Crippen LogP contribution in [0.2, 0.25) is 0 Å². The molecule has 0 amide bonds. The first-order valence-corrected chi connectivity index (χ1v) is 29.3. The fourth-order valence-corrected chi connectivity index (χ4v) is 15.7. The summed E-state index contributed by atoms with van der Waals surface area (Å²) in [6, 6.07) is 54.7. The summed E-state index contributed by atoms with van der Waals surface area (Å²) in [7, 11) is 2.73. The lowest BCUT2D eigenvalue weighted by atomic mass is 10.0. The molecule has 0 saturated heterocycles. The molecule has 0 unspecified atom stereocenters. The molecule has 0 aliphatic heterocycles. The van der Waals surface area contributed by atoms with Crippen molar-refractivity contribution in [2.75, 3.05) is 14.2 Å². The number of carbonyl (C=O) groups is 2. The molecule has 14 heteroatoms. The van der Waals surface area contributed by atoms with E-state index in [4.69, 9.17) is 9.47 Å². The van der Waals surface area contributed by atoms with Crippen molar-refractivity contribution in [1.29, 1.82) is 0 Å². The predicted molar refractivity (Wildman–Crippen MR) is 333 cm³/mol. The van der Waals surface area contributed by atoms with Crippen LogP contribution in [0.1, 0.15) is 44.7 Å². The van der Waals surface area contributed by atoms with Crippen LogP contribution >= 0.6 is 45.3 Å². The van der Waals surface area contributed by atoms with Crippen LogP contribution in [0.25, 0.3) is 102 Å². The molecule has 8 aromatic carbocycles. The number of nitrogens with zero attached hydrogens (tertiary/aromatic N) is 2. The first kappa shape index (κ1) is 50.8. The molecule has 0 saturated carbocycles. The Morgan fingerprint density at radius 3 is 1.20 bits per heavy atom. The summed E-state index contributed by atoms with van der Waals surface area (Å²) in [6.45, 7) is 1.11. The van der Waals surface area contributed by atoms with Crippen molar-refractivity contribution < 1.29 is 19.1 Å². The minimum atomic E-state index is -0.395. The van der Waals surface area contributed by atoms with Crippen molar-refractivity contribution in [3.63, 3.8) is 0 Å². The van der Waals surface area contributed by atoms with Crippen LogP contribution in [0, 0.1) is 0 Å². The Kier molecular flexibility index (Phi) is 13.2. The molecule has 0 aliphatic rings. The summed E-state index contributed by atoms with van der Waals surface area (Å²) >= 11 is 6.11. The average molecular weight is 1120 g/mol. The maximum atomic E-state index is 13.8. The lowest BCUT2D eigenvalue weighted by Gasteiger charge is -2.12. The van der Waals surface area contributed by atoms with Crippen LogP contribution in [0.4, 0.5) is 0 Å². The van der Waals surface area contributed by atoms with Crippen LogP contribution in [-0.2, 0) is 35.4 Å². The smallest absolute Gasteiger partial charge is 0.337 e. The standard InChI is InChI=1S/2C33H23NO4S2/c2*1-38-33(37)20-13-14-22-28(18-20)40-31-29(22)21-8-2-4-10-25(21)34(32(31)36)16-6-7-19-12-15-27-24(17-19)30(35)23-9-3-5-11-26(23)39-27/h2*2-5,8-15,17-18H,6-7,16H2,1H3. The fourth-order valence-electron chi connectivity index (χ4n) is 11.2. The minimum absolute atomic E-state index is 0.0249. The van der Waals surface area contributed by atoms with Gasteiger partial charge in [-0.1, -0.05) is 84.9 Å². The molecule has 392 valence electrons. The van der Waals surface area contributed by atoms with E-state index in [0.29, 0.717) is 33.6 Å². The summed E-state index contributed by atoms with van der Waals surface area (Å²) in [5.74, 6) is -0.790. The third-order valence-electron chi connectivity index (χ3n) is 15.0. The SMILES string of the molecule is COC(=O)c1ccc2c(c1)sc1c(=O)n(CCCc3ccc4sc5ccccc5c(=O)c4c3)c3ccccc3c12.COC(=O)c1ccc2c(c1)sc1c(=O)n(CCCc3ccc4sc5ccccc5c(=O)c4c3)c3ccccc3c12. The van der Waals surface area contributed by atoms with E-state index in [0.717, 1.165) is 130 Å². The molecular formula is C66H46N2O8S4. The quantitative estimate of drug-likeness (QED) is 0.0977. The van der Waals surface area contributed by atoms with Gasteiger partial charge in [-0.05, 0) is 122 Å². The van der Waals surface area contributed by atoms with Crippen LogP contribution in [-0.4, -0.2) is 35.3 Å². The zero-order chi connectivity index (χ0) is 54.8. The lowest BCUT2D eigenvalue weighted by Crippen LogP contribution is -2.20. The molecular weight excluding hydrogens is 1080 g/mol. The van der Waals surface area contributed by atoms with E-state index in [1.807, 2.05) is 130 Å². The van der Waals surface area contributed by atoms with Crippen molar-refractivity contribution in [3.05, 3.63) is 233 Å². The third kappa shape index (κ3) is 8.85. The second-order valence-corrected chi connectivity index (χ2v) is 24.0. The number of hydrogen-bond acceptors (Lipinski definition) is 12. The Morgan fingerprint density at radius 2 is 0.775 bits per heavy atom. The van der Waals surface area contributed by atoms with Crippen LogP contribution in [0.3, 0.4) is 0 Å². The van der Waals surface area contributed by atoms with Gasteiger partial charge in [0, 0.05) is 95.2 Å². The number of para-hydroxylation sites is 2. The van der Waals surface area contributed by atoms with Gasteiger partial charge in [0.1, 0.15) is 9.40 Å². The fraction of sp³-hybridized carbons (Fsp3) is 0.121. The molecule has 0 atom stereocenters. The zero-order valence-corrected chi connectivity index (χ0v) is 46.5. The zero-order valence-electron chi connectivity index (χ0n) is 43.2. The average Bonchev–Trinajstić information content (AvgIpc) is 4.26.